The number of halogens is 1. The van der Waals surface area contributed by atoms with Gasteiger partial charge in [0.15, 0.2) is 6.61 Å². The lowest BCUT2D eigenvalue weighted by molar-refractivity contribution is -0.118. The third kappa shape index (κ3) is 6.47. The zero-order chi connectivity index (χ0) is 22.4. The number of rotatable bonds is 8. The van der Waals surface area contributed by atoms with E-state index in [-0.39, 0.29) is 19.1 Å². The van der Waals surface area contributed by atoms with Crippen molar-refractivity contribution < 1.29 is 17.9 Å². The van der Waals surface area contributed by atoms with Gasteiger partial charge in [-0.3, -0.25) is 9.10 Å². The van der Waals surface area contributed by atoms with Crippen molar-refractivity contribution in [2.45, 2.75) is 13.5 Å². The van der Waals surface area contributed by atoms with E-state index in [0.717, 1.165) is 11.1 Å². The van der Waals surface area contributed by atoms with Gasteiger partial charge in [-0.05, 0) is 48.9 Å². The molecular formula is C23H23ClN2O4S. The molecule has 0 bridgehead atoms. The van der Waals surface area contributed by atoms with Crippen LogP contribution in [0.25, 0.3) is 0 Å². The number of carbonyl (C=O) groups is 1. The van der Waals surface area contributed by atoms with Crippen molar-refractivity contribution in [1.29, 1.82) is 0 Å². The van der Waals surface area contributed by atoms with Gasteiger partial charge in [0.1, 0.15) is 5.75 Å². The summed E-state index contributed by atoms with van der Waals surface area (Å²) >= 11 is 6.03. The monoisotopic (exact) mass is 458 g/mol. The molecule has 0 unspecified atom stereocenters. The molecule has 0 aromatic heterocycles. The molecule has 0 radical (unpaired) electrons. The van der Waals surface area contributed by atoms with E-state index < -0.39 is 10.0 Å². The normalized spacial score (nSPS) is 11.1. The Morgan fingerprint density at radius 2 is 1.65 bits per heavy atom. The fourth-order valence-electron chi connectivity index (χ4n) is 2.87. The minimum Gasteiger partial charge on any atom is -0.484 e. The van der Waals surface area contributed by atoms with Gasteiger partial charge in [-0.2, -0.15) is 0 Å². The van der Waals surface area contributed by atoms with E-state index in [1.165, 1.54) is 10.6 Å². The summed E-state index contributed by atoms with van der Waals surface area (Å²) in [6.07, 6.45) is 1.17. The smallest absolute Gasteiger partial charge is 0.262 e. The van der Waals surface area contributed by atoms with Crippen LogP contribution in [0, 0.1) is 6.92 Å². The topological polar surface area (TPSA) is 75.7 Å². The molecule has 31 heavy (non-hydrogen) atoms. The number of para-hydroxylation sites is 1. The summed E-state index contributed by atoms with van der Waals surface area (Å²) in [5.74, 6) is 0.0937. The lowest BCUT2D eigenvalue weighted by atomic mass is 10.1. The first-order valence-electron chi connectivity index (χ1n) is 9.53. The average molecular weight is 459 g/mol. The van der Waals surface area contributed by atoms with Crippen molar-refractivity contribution in [2.75, 3.05) is 22.5 Å². The second kappa shape index (κ2) is 9.85. The van der Waals surface area contributed by atoms with Gasteiger partial charge in [0.25, 0.3) is 5.91 Å². The zero-order valence-corrected chi connectivity index (χ0v) is 18.8. The summed E-state index contributed by atoms with van der Waals surface area (Å²) in [5, 5.41) is 3.12. The predicted octanol–water partition coefficient (Wildman–Crippen LogP) is 4.63. The molecule has 0 heterocycles. The van der Waals surface area contributed by atoms with Crippen molar-refractivity contribution in [3.63, 3.8) is 0 Å². The number of nitrogens with one attached hydrogen (secondary N) is 1. The lowest BCUT2D eigenvalue weighted by Gasteiger charge is -2.23. The first-order chi connectivity index (χ1) is 14.7. The van der Waals surface area contributed by atoms with Crippen LogP contribution in [0.1, 0.15) is 11.1 Å². The highest BCUT2D eigenvalue weighted by Crippen LogP contribution is 2.24. The molecular weight excluding hydrogens is 436 g/mol. The molecule has 0 aliphatic rings. The summed E-state index contributed by atoms with van der Waals surface area (Å²) < 4.78 is 31.5. The van der Waals surface area contributed by atoms with Gasteiger partial charge in [-0.25, -0.2) is 8.42 Å². The fourth-order valence-corrected chi connectivity index (χ4v) is 3.94. The van der Waals surface area contributed by atoms with Crippen molar-refractivity contribution in [3.05, 3.63) is 88.9 Å². The van der Waals surface area contributed by atoms with Gasteiger partial charge in [-0.1, -0.05) is 53.6 Å². The van der Waals surface area contributed by atoms with Gasteiger partial charge in [0.2, 0.25) is 10.0 Å². The van der Waals surface area contributed by atoms with Crippen LogP contribution in [-0.2, 0) is 21.4 Å². The minimum absolute atomic E-state index is 0.205. The Labute approximate surface area is 187 Å². The van der Waals surface area contributed by atoms with Crippen molar-refractivity contribution in [2.24, 2.45) is 0 Å². The minimum atomic E-state index is -3.49. The van der Waals surface area contributed by atoms with Gasteiger partial charge in [0.05, 0.1) is 29.2 Å². The summed E-state index contributed by atoms with van der Waals surface area (Å²) in [4.78, 5) is 12.1. The number of aryl methyl sites for hydroxylation is 1. The standard InChI is InChI=1S/C23H23ClN2O4S/c1-17-7-9-18(10-8-17)15-26(31(2,28)29)19-11-13-20(14-12-19)30-16-23(27)25-22-6-4-3-5-21(22)24/h3-14H,15-16H2,1-2H3,(H,25,27). The third-order valence-corrected chi connectivity index (χ3v) is 5.96. The molecule has 162 valence electrons. The van der Waals surface area contributed by atoms with Gasteiger partial charge in [-0.15, -0.1) is 0 Å². The van der Waals surface area contributed by atoms with Crippen LogP contribution in [0.4, 0.5) is 11.4 Å². The van der Waals surface area contributed by atoms with Crippen LogP contribution in [0.2, 0.25) is 5.02 Å². The molecule has 6 nitrogen and oxygen atoms in total. The molecule has 0 atom stereocenters. The fraction of sp³-hybridized carbons (Fsp3) is 0.174. The Bertz CT molecular complexity index is 1150. The number of carbonyl (C=O) groups excluding carboxylic acids is 1. The van der Waals surface area contributed by atoms with Crippen LogP contribution in [0.5, 0.6) is 5.75 Å². The second-order valence-electron chi connectivity index (χ2n) is 7.07. The Balaban J connectivity index is 1.65. The predicted molar refractivity (Wildman–Crippen MR) is 124 cm³/mol. The quantitative estimate of drug-likeness (QED) is 0.534. The number of ether oxygens (including phenoxy) is 1. The number of sulfonamides is 1. The highest BCUT2D eigenvalue weighted by molar-refractivity contribution is 7.92. The summed E-state index contributed by atoms with van der Waals surface area (Å²) in [7, 11) is -3.49. The molecule has 3 rings (SSSR count). The van der Waals surface area contributed by atoms with Crippen LogP contribution in [-0.4, -0.2) is 27.2 Å². The summed E-state index contributed by atoms with van der Waals surface area (Å²) in [6, 6.07) is 21.2. The molecule has 3 aromatic carbocycles. The van der Waals surface area contributed by atoms with Gasteiger partial charge in [0, 0.05) is 0 Å². The largest absolute Gasteiger partial charge is 0.484 e. The molecule has 1 amide bonds. The lowest BCUT2D eigenvalue weighted by Crippen LogP contribution is -2.29. The third-order valence-electron chi connectivity index (χ3n) is 4.49. The average Bonchev–Trinajstić information content (AvgIpc) is 2.73. The molecule has 0 aliphatic carbocycles. The first-order valence-corrected chi connectivity index (χ1v) is 11.8. The molecule has 3 aromatic rings. The maximum Gasteiger partial charge on any atom is 0.262 e. The summed E-state index contributed by atoms with van der Waals surface area (Å²) in [5.41, 5.74) is 3.01. The Morgan fingerprint density at radius 1 is 1.00 bits per heavy atom. The number of anilines is 2. The molecule has 0 saturated heterocycles. The highest BCUT2D eigenvalue weighted by Gasteiger charge is 2.18. The van der Waals surface area contributed by atoms with Crippen molar-refractivity contribution in [1.82, 2.24) is 0 Å². The van der Waals surface area contributed by atoms with E-state index in [1.807, 2.05) is 31.2 Å². The molecule has 0 fully saturated rings. The molecule has 0 saturated carbocycles. The number of hydrogen-bond donors (Lipinski definition) is 1. The molecule has 0 spiro atoms. The van der Waals surface area contributed by atoms with Gasteiger partial charge >= 0.3 is 0 Å². The van der Waals surface area contributed by atoms with Crippen LogP contribution in [0.3, 0.4) is 0 Å². The van der Waals surface area contributed by atoms with E-state index >= 15 is 0 Å². The maximum atomic E-state index is 12.3. The van der Waals surface area contributed by atoms with E-state index in [0.29, 0.717) is 22.1 Å². The molecule has 0 aliphatic heterocycles. The number of amides is 1. The number of hydrogen-bond acceptors (Lipinski definition) is 4. The van der Waals surface area contributed by atoms with E-state index in [9.17, 15) is 13.2 Å². The first kappa shape index (κ1) is 22.7. The zero-order valence-electron chi connectivity index (χ0n) is 17.2. The Hall–Kier alpha value is -3.03. The van der Waals surface area contributed by atoms with Crippen LogP contribution >= 0.6 is 11.6 Å². The van der Waals surface area contributed by atoms with E-state index in [4.69, 9.17) is 16.3 Å². The highest BCUT2D eigenvalue weighted by atomic mass is 35.5. The Kier molecular flexibility index (Phi) is 7.20. The number of benzene rings is 3. The van der Waals surface area contributed by atoms with E-state index in [2.05, 4.69) is 5.32 Å². The molecule has 8 heteroatoms. The van der Waals surface area contributed by atoms with Crippen molar-refractivity contribution >= 4 is 38.9 Å². The second-order valence-corrected chi connectivity index (χ2v) is 9.38. The maximum absolute atomic E-state index is 12.3. The molecule has 1 N–H and O–H groups in total. The SMILES string of the molecule is Cc1ccc(CN(c2ccc(OCC(=O)Nc3ccccc3Cl)cc2)S(C)(=O)=O)cc1. The number of nitrogens with zero attached hydrogens (tertiary/aromatic N) is 1. The summed E-state index contributed by atoms with van der Waals surface area (Å²) in [6.45, 7) is 1.99. The van der Waals surface area contributed by atoms with E-state index in [1.54, 1.807) is 48.5 Å². The Morgan fingerprint density at radius 3 is 2.26 bits per heavy atom. The van der Waals surface area contributed by atoms with Crippen LogP contribution < -0.4 is 14.4 Å². The van der Waals surface area contributed by atoms with Crippen LogP contribution in [0.15, 0.2) is 72.8 Å². The van der Waals surface area contributed by atoms with Crippen molar-refractivity contribution in [3.8, 4) is 5.75 Å². The van der Waals surface area contributed by atoms with Gasteiger partial charge < -0.3 is 10.1 Å².